The molecule has 0 unspecified atom stereocenters. The van der Waals surface area contributed by atoms with E-state index in [1.807, 2.05) is 0 Å². The number of hydrogen-bond acceptors (Lipinski definition) is 3. The van der Waals surface area contributed by atoms with Gasteiger partial charge in [-0.15, -0.1) is 0 Å². The lowest BCUT2D eigenvalue weighted by atomic mass is 10.2. The Morgan fingerprint density at radius 3 is 2.74 bits per heavy atom. The van der Waals surface area contributed by atoms with E-state index in [1.54, 1.807) is 24.3 Å². The fraction of sp³-hybridized carbons (Fsp3) is 0.462. The van der Waals surface area contributed by atoms with Crippen molar-refractivity contribution in [1.29, 1.82) is 0 Å². The molecule has 1 amide bonds. The number of rotatable bonds is 3. The number of carbonyl (C=O) groups excluding carboxylic acids is 1. The standard InChI is InChI=1S/C13H16N2O3S/c16-13(10-5-6-10)14-11-3-1-4-12(9-11)15-7-2-8-19(15,17)18/h1,3-4,9-10H,2,5-8H2,(H,14,16). The number of amides is 1. The predicted molar refractivity (Wildman–Crippen MR) is 73.5 cm³/mol. The normalized spacial score (nSPS) is 21.4. The van der Waals surface area contributed by atoms with Gasteiger partial charge in [0.1, 0.15) is 0 Å². The number of nitrogens with zero attached hydrogens (tertiary/aromatic N) is 1. The number of nitrogens with one attached hydrogen (secondary N) is 1. The van der Waals surface area contributed by atoms with Crippen molar-refractivity contribution >= 4 is 27.3 Å². The Kier molecular flexibility index (Phi) is 2.97. The van der Waals surface area contributed by atoms with Crippen LogP contribution in [0.15, 0.2) is 24.3 Å². The minimum Gasteiger partial charge on any atom is -0.326 e. The molecule has 1 aliphatic carbocycles. The van der Waals surface area contributed by atoms with E-state index in [2.05, 4.69) is 5.32 Å². The van der Waals surface area contributed by atoms with Crippen molar-refractivity contribution in [2.24, 2.45) is 5.92 Å². The van der Waals surface area contributed by atoms with Gasteiger partial charge in [0.05, 0.1) is 11.4 Å². The highest BCUT2D eigenvalue weighted by Crippen LogP contribution is 2.31. The van der Waals surface area contributed by atoms with E-state index < -0.39 is 10.0 Å². The molecule has 19 heavy (non-hydrogen) atoms. The second-order valence-electron chi connectivity index (χ2n) is 5.06. The van der Waals surface area contributed by atoms with E-state index in [9.17, 15) is 13.2 Å². The Labute approximate surface area is 112 Å². The van der Waals surface area contributed by atoms with Gasteiger partial charge in [0.25, 0.3) is 0 Å². The highest BCUT2D eigenvalue weighted by Gasteiger charge is 2.30. The van der Waals surface area contributed by atoms with Crippen LogP contribution in [0, 0.1) is 5.92 Å². The fourth-order valence-electron chi connectivity index (χ4n) is 2.26. The minimum absolute atomic E-state index is 0.0291. The van der Waals surface area contributed by atoms with Crippen LogP contribution in [-0.4, -0.2) is 26.6 Å². The zero-order valence-corrected chi connectivity index (χ0v) is 11.3. The highest BCUT2D eigenvalue weighted by atomic mass is 32.2. The second kappa shape index (κ2) is 4.52. The van der Waals surface area contributed by atoms with Crippen LogP contribution in [0.2, 0.25) is 0 Å². The largest absolute Gasteiger partial charge is 0.326 e. The summed E-state index contributed by atoms with van der Waals surface area (Å²) in [5, 5.41) is 2.83. The fourth-order valence-corrected chi connectivity index (χ4v) is 3.81. The van der Waals surface area contributed by atoms with E-state index in [-0.39, 0.29) is 17.6 Å². The molecule has 1 heterocycles. The van der Waals surface area contributed by atoms with Crippen LogP contribution < -0.4 is 9.62 Å². The molecule has 102 valence electrons. The molecule has 0 spiro atoms. The molecule has 1 N–H and O–H groups in total. The van der Waals surface area contributed by atoms with E-state index >= 15 is 0 Å². The third kappa shape index (κ3) is 2.58. The smallest absolute Gasteiger partial charge is 0.235 e. The average molecular weight is 280 g/mol. The molecule has 1 aromatic carbocycles. The first-order chi connectivity index (χ1) is 9.06. The first kappa shape index (κ1) is 12.5. The molecule has 2 aliphatic rings. The first-order valence-corrected chi connectivity index (χ1v) is 8.08. The van der Waals surface area contributed by atoms with E-state index in [1.165, 1.54) is 4.31 Å². The van der Waals surface area contributed by atoms with Gasteiger partial charge in [-0.2, -0.15) is 0 Å². The maximum Gasteiger partial charge on any atom is 0.235 e. The Morgan fingerprint density at radius 2 is 2.11 bits per heavy atom. The summed E-state index contributed by atoms with van der Waals surface area (Å²) in [7, 11) is -3.17. The van der Waals surface area contributed by atoms with Gasteiger partial charge in [-0.1, -0.05) is 6.07 Å². The van der Waals surface area contributed by atoms with Crippen molar-refractivity contribution in [2.45, 2.75) is 19.3 Å². The molecular weight excluding hydrogens is 264 g/mol. The molecule has 3 rings (SSSR count). The van der Waals surface area contributed by atoms with E-state index in [4.69, 9.17) is 0 Å². The van der Waals surface area contributed by atoms with Crippen LogP contribution in [0.25, 0.3) is 0 Å². The maximum atomic E-state index is 11.9. The second-order valence-corrected chi connectivity index (χ2v) is 7.07. The average Bonchev–Trinajstić information content (AvgIpc) is 3.14. The zero-order chi connectivity index (χ0) is 13.5. The van der Waals surface area contributed by atoms with Crippen molar-refractivity contribution < 1.29 is 13.2 Å². The van der Waals surface area contributed by atoms with Gasteiger partial charge >= 0.3 is 0 Å². The van der Waals surface area contributed by atoms with Gasteiger partial charge in [0.2, 0.25) is 15.9 Å². The summed E-state index contributed by atoms with van der Waals surface area (Å²) < 4.78 is 25.1. The van der Waals surface area contributed by atoms with Crippen LogP contribution in [0.5, 0.6) is 0 Å². The quantitative estimate of drug-likeness (QED) is 0.914. The summed E-state index contributed by atoms with van der Waals surface area (Å²) in [6.07, 6.45) is 2.55. The number of hydrogen-bond donors (Lipinski definition) is 1. The maximum absolute atomic E-state index is 11.9. The molecule has 0 atom stereocenters. The monoisotopic (exact) mass is 280 g/mol. The van der Waals surface area contributed by atoms with Crippen molar-refractivity contribution in [3.05, 3.63) is 24.3 Å². The van der Waals surface area contributed by atoms with Crippen LogP contribution in [0.3, 0.4) is 0 Å². The summed E-state index contributed by atoms with van der Waals surface area (Å²) in [6, 6.07) is 7.04. The number of carbonyl (C=O) groups is 1. The third-order valence-corrected chi connectivity index (χ3v) is 5.32. The van der Waals surface area contributed by atoms with Gasteiger partial charge in [-0.25, -0.2) is 8.42 Å². The van der Waals surface area contributed by atoms with Crippen LogP contribution in [-0.2, 0) is 14.8 Å². The SMILES string of the molecule is O=C(Nc1cccc(N2CCCS2(=O)=O)c1)C1CC1. The van der Waals surface area contributed by atoms with Crippen LogP contribution in [0.1, 0.15) is 19.3 Å². The Bertz CT molecular complexity index is 608. The Hall–Kier alpha value is -1.56. The van der Waals surface area contributed by atoms with E-state index in [0.29, 0.717) is 24.3 Å². The lowest BCUT2D eigenvalue weighted by molar-refractivity contribution is -0.117. The number of anilines is 2. The third-order valence-electron chi connectivity index (χ3n) is 3.45. The van der Waals surface area contributed by atoms with Gasteiger partial charge < -0.3 is 5.32 Å². The molecule has 0 bridgehead atoms. The molecule has 0 radical (unpaired) electrons. The zero-order valence-electron chi connectivity index (χ0n) is 10.5. The minimum atomic E-state index is -3.17. The first-order valence-electron chi connectivity index (χ1n) is 6.48. The molecule has 1 saturated heterocycles. The van der Waals surface area contributed by atoms with Crippen molar-refractivity contribution in [1.82, 2.24) is 0 Å². The Morgan fingerprint density at radius 1 is 1.32 bits per heavy atom. The lowest BCUT2D eigenvalue weighted by Gasteiger charge is -2.17. The topological polar surface area (TPSA) is 66.5 Å². The molecule has 2 fully saturated rings. The van der Waals surface area contributed by atoms with Crippen molar-refractivity contribution in [3.63, 3.8) is 0 Å². The Balaban J connectivity index is 1.81. The number of sulfonamides is 1. The van der Waals surface area contributed by atoms with E-state index in [0.717, 1.165) is 12.8 Å². The summed E-state index contributed by atoms with van der Waals surface area (Å²) >= 11 is 0. The van der Waals surface area contributed by atoms with Gasteiger partial charge in [-0.3, -0.25) is 9.10 Å². The highest BCUT2D eigenvalue weighted by molar-refractivity contribution is 7.93. The van der Waals surface area contributed by atoms with Crippen molar-refractivity contribution in [2.75, 3.05) is 21.9 Å². The molecule has 5 nitrogen and oxygen atoms in total. The summed E-state index contributed by atoms with van der Waals surface area (Å²) in [4.78, 5) is 11.7. The molecule has 1 saturated carbocycles. The molecular formula is C13H16N2O3S. The summed E-state index contributed by atoms with van der Waals surface area (Å²) in [5.74, 6) is 0.367. The molecule has 6 heteroatoms. The van der Waals surface area contributed by atoms with Gasteiger partial charge in [-0.05, 0) is 37.5 Å². The van der Waals surface area contributed by atoms with Crippen LogP contribution >= 0.6 is 0 Å². The number of benzene rings is 1. The summed E-state index contributed by atoms with van der Waals surface area (Å²) in [6.45, 7) is 0.516. The van der Waals surface area contributed by atoms with Crippen LogP contribution in [0.4, 0.5) is 11.4 Å². The molecule has 1 aromatic rings. The van der Waals surface area contributed by atoms with Gasteiger partial charge in [0.15, 0.2) is 0 Å². The predicted octanol–water partition coefficient (Wildman–Crippen LogP) is 1.57. The summed E-state index contributed by atoms with van der Waals surface area (Å²) in [5.41, 5.74) is 1.29. The van der Waals surface area contributed by atoms with Crippen molar-refractivity contribution in [3.8, 4) is 0 Å². The van der Waals surface area contributed by atoms with Gasteiger partial charge in [0, 0.05) is 18.2 Å². The molecule has 0 aromatic heterocycles. The lowest BCUT2D eigenvalue weighted by Crippen LogP contribution is -2.25. The molecule has 1 aliphatic heterocycles.